The molecule has 4 nitrogen and oxygen atoms in total. The van der Waals surface area contributed by atoms with Gasteiger partial charge in [0.1, 0.15) is 0 Å². The molecule has 24 heavy (non-hydrogen) atoms. The fourth-order valence-electron chi connectivity index (χ4n) is 3.89. The molecule has 0 aliphatic carbocycles. The van der Waals surface area contributed by atoms with Gasteiger partial charge in [0.2, 0.25) is 0 Å². The summed E-state index contributed by atoms with van der Waals surface area (Å²) < 4.78 is 28.1. The Morgan fingerprint density at radius 2 is 1.75 bits per heavy atom. The van der Waals surface area contributed by atoms with E-state index in [-0.39, 0.29) is 24.4 Å². The van der Waals surface area contributed by atoms with E-state index in [0.717, 1.165) is 18.8 Å². The van der Waals surface area contributed by atoms with Gasteiger partial charge in [0.15, 0.2) is 0 Å². The first kappa shape index (κ1) is 17.3. The van der Waals surface area contributed by atoms with E-state index in [1.54, 1.807) is 28.6 Å². The molecule has 2 heterocycles. The van der Waals surface area contributed by atoms with Gasteiger partial charge in [0.25, 0.3) is 10.0 Å². The number of aryl methyl sites for hydroxylation is 1. The second kappa shape index (κ2) is 6.06. The topological polar surface area (TPSA) is 40.6 Å². The molecule has 2 aromatic rings. The molecule has 2 aliphatic rings. The first-order valence-corrected chi connectivity index (χ1v) is 9.31. The van der Waals surface area contributed by atoms with E-state index < -0.39 is 10.0 Å². The van der Waals surface area contributed by atoms with Gasteiger partial charge in [0, 0.05) is 19.0 Å². The van der Waals surface area contributed by atoms with Crippen molar-refractivity contribution in [2.75, 3.05) is 24.4 Å². The normalized spacial score (nSPS) is 22.8. The highest BCUT2D eigenvalue weighted by Crippen LogP contribution is 2.47. The van der Waals surface area contributed by atoms with Crippen molar-refractivity contribution < 1.29 is 8.42 Å². The van der Waals surface area contributed by atoms with Crippen LogP contribution in [0.2, 0.25) is 0 Å². The van der Waals surface area contributed by atoms with E-state index in [9.17, 15) is 8.42 Å². The number of benzene rings is 2. The van der Waals surface area contributed by atoms with Crippen molar-refractivity contribution >= 4 is 28.1 Å². The number of likely N-dealkylation sites (tertiary alicyclic amines) is 1. The highest BCUT2D eigenvalue weighted by molar-refractivity contribution is 7.92. The summed E-state index contributed by atoms with van der Waals surface area (Å²) in [6.07, 6.45) is 0. The van der Waals surface area contributed by atoms with Crippen LogP contribution >= 0.6 is 12.4 Å². The molecule has 4 rings (SSSR count). The van der Waals surface area contributed by atoms with Crippen molar-refractivity contribution in [1.29, 1.82) is 0 Å². The van der Waals surface area contributed by atoms with E-state index in [1.165, 1.54) is 11.1 Å². The molecule has 2 aromatic carbocycles. The largest absolute Gasteiger partial charge is 0.304 e. The number of rotatable bonds is 2. The number of halogens is 1. The lowest BCUT2D eigenvalue weighted by Gasteiger charge is -2.26. The second-order valence-electron chi connectivity index (χ2n) is 6.57. The molecule has 0 unspecified atom stereocenters. The molecule has 0 bridgehead atoms. The van der Waals surface area contributed by atoms with Gasteiger partial charge in [-0.3, -0.25) is 4.31 Å². The van der Waals surface area contributed by atoms with Crippen LogP contribution < -0.4 is 4.31 Å². The summed E-state index contributed by atoms with van der Waals surface area (Å²) in [5.41, 5.74) is 3.19. The van der Waals surface area contributed by atoms with Crippen molar-refractivity contribution in [3.8, 4) is 0 Å². The third-order valence-corrected chi connectivity index (χ3v) is 6.75. The molecule has 0 saturated carbocycles. The van der Waals surface area contributed by atoms with E-state index in [2.05, 4.69) is 24.9 Å². The van der Waals surface area contributed by atoms with Crippen molar-refractivity contribution in [2.45, 2.75) is 23.8 Å². The lowest BCUT2D eigenvalue weighted by atomic mass is 9.97. The Kier molecular flexibility index (Phi) is 4.36. The van der Waals surface area contributed by atoms with Gasteiger partial charge in [0.05, 0.1) is 16.6 Å². The monoisotopic (exact) mass is 364 g/mol. The van der Waals surface area contributed by atoms with E-state index in [0.29, 0.717) is 4.90 Å². The highest BCUT2D eigenvalue weighted by atomic mass is 35.5. The number of hydrogen-bond donors (Lipinski definition) is 0. The predicted octanol–water partition coefficient (Wildman–Crippen LogP) is 3.02. The van der Waals surface area contributed by atoms with Crippen molar-refractivity contribution in [1.82, 2.24) is 4.90 Å². The Hall–Kier alpha value is -1.56. The van der Waals surface area contributed by atoms with Gasteiger partial charge in [-0.05, 0) is 37.7 Å². The number of hydrogen-bond acceptors (Lipinski definition) is 3. The number of likely N-dealkylation sites (N-methyl/N-ethyl adjacent to an activating group) is 1. The van der Waals surface area contributed by atoms with Crippen molar-refractivity contribution in [2.24, 2.45) is 0 Å². The minimum Gasteiger partial charge on any atom is -0.304 e. The fourth-order valence-corrected chi connectivity index (χ4v) is 5.61. The van der Waals surface area contributed by atoms with Crippen LogP contribution in [0.4, 0.5) is 5.69 Å². The molecule has 0 spiro atoms. The summed E-state index contributed by atoms with van der Waals surface area (Å²) in [6.45, 7) is 3.73. The molecular formula is C18H21ClN2O2S. The van der Waals surface area contributed by atoms with Crippen LogP contribution in [0.3, 0.4) is 0 Å². The number of fused-ring (bicyclic) bond motifs is 3. The fraction of sp³-hybridized carbons (Fsp3) is 0.333. The maximum Gasteiger partial charge on any atom is 0.264 e. The maximum atomic E-state index is 13.2. The summed E-state index contributed by atoms with van der Waals surface area (Å²) in [5, 5.41) is 0. The summed E-state index contributed by atoms with van der Waals surface area (Å²) in [6, 6.07) is 14.8. The van der Waals surface area contributed by atoms with Crippen LogP contribution in [-0.4, -0.2) is 39.5 Å². The Morgan fingerprint density at radius 3 is 2.46 bits per heavy atom. The molecular weight excluding hydrogens is 344 g/mol. The van der Waals surface area contributed by atoms with Gasteiger partial charge in [-0.15, -0.1) is 12.4 Å². The Labute approximate surface area is 149 Å². The van der Waals surface area contributed by atoms with Gasteiger partial charge >= 0.3 is 0 Å². The number of anilines is 1. The van der Waals surface area contributed by atoms with Crippen LogP contribution in [0, 0.1) is 6.92 Å². The zero-order valence-corrected chi connectivity index (χ0v) is 15.3. The SMILES string of the molecule is Cc1ccc2c(c1)[C@H]1CN(C)C[C@H]1N2S(=O)(=O)c1ccccc1.Cl. The van der Waals surface area contributed by atoms with Crippen LogP contribution in [0.25, 0.3) is 0 Å². The van der Waals surface area contributed by atoms with Gasteiger partial charge < -0.3 is 4.90 Å². The summed E-state index contributed by atoms with van der Waals surface area (Å²) in [7, 11) is -1.48. The first-order valence-electron chi connectivity index (χ1n) is 7.87. The molecule has 1 fully saturated rings. The van der Waals surface area contributed by atoms with Crippen LogP contribution in [0.1, 0.15) is 17.0 Å². The quantitative estimate of drug-likeness (QED) is 0.822. The zero-order chi connectivity index (χ0) is 16.2. The standard InChI is InChI=1S/C18H20N2O2S.ClH/c1-13-8-9-17-15(10-13)16-11-19(2)12-18(16)20(17)23(21,22)14-6-4-3-5-7-14;/h3-10,16,18H,11-12H2,1-2H3;1H/t16-,18-;/m1./s1. The molecule has 0 N–H and O–H groups in total. The average molecular weight is 365 g/mol. The third kappa shape index (κ3) is 2.51. The van der Waals surface area contributed by atoms with E-state index >= 15 is 0 Å². The Morgan fingerprint density at radius 1 is 1.04 bits per heavy atom. The zero-order valence-electron chi connectivity index (χ0n) is 13.7. The van der Waals surface area contributed by atoms with Crippen LogP contribution in [-0.2, 0) is 10.0 Å². The summed E-state index contributed by atoms with van der Waals surface area (Å²) >= 11 is 0. The molecule has 2 aliphatic heterocycles. The number of sulfonamides is 1. The predicted molar refractivity (Wildman–Crippen MR) is 98.6 cm³/mol. The molecule has 0 aromatic heterocycles. The van der Waals surface area contributed by atoms with Crippen molar-refractivity contribution in [3.05, 3.63) is 59.7 Å². The lowest BCUT2D eigenvalue weighted by Crippen LogP contribution is -2.40. The van der Waals surface area contributed by atoms with Crippen LogP contribution in [0.15, 0.2) is 53.4 Å². The maximum absolute atomic E-state index is 13.2. The minimum atomic E-state index is -3.54. The Bertz CT molecular complexity index is 855. The Balaban J connectivity index is 0.00000169. The summed E-state index contributed by atoms with van der Waals surface area (Å²) in [4.78, 5) is 2.58. The molecule has 6 heteroatoms. The van der Waals surface area contributed by atoms with Crippen LogP contribution in [0.5, 0.6) is 0 Å². The second-order valence-corrected chi connectivity index (χ2v) is 8.39. The first-order chi connectivity index (χ1) is 11.0. The third-order valence-electron chi connectivity index (χ3n) is 4.89. The number of nitrogens with zero attached hydrogens (tertiary/aromatic N) is 2. The van der Waals surface area contributed by atoms with Gasteiger partial charge in [-0.2, -0.15) is 0 Å². The van der Waals surface area contributed by atoms with Gasteiger partial charge in [-0.1, -0.05) is 35.9 Å². The van der Waals surface area contributed by atoms with E-state index in [1.807, 2.05) is 18.2 Å². The highest BCUT2D eigenvalue weighted by Gasteiger charge is 2.48. The minimum absolute atomic E-state index is 0. The molecule has 128 valence electrons. The molecule has 0 amide bonds. The smallest absolute Gasteiger partial charge is 0.264 e. The summed E-state index contributed by atoms with van der Waals surface area (Å²) in [5.74, 6) is 0.258. The lowest BCUT2D eigenvalue weighted by molar-refractivity contribution is 0.406. The average Bonchev–Trinajstić information content (AvgIpc) is 3.03. The van der Waals surface area contributed by atoms with Crippen molar-refractivity contribution in [3.63, 3.8) is 0 Å². The van der Waals surface area contributed by atoms with Gasteiger partial charge in [-0.25, -0.2) is 8.42 Å². The molecule has 1 saturated heterocycles. The molecule has 0 radical (unpaired) electrons. The van der Waals surface area contributed by atoms with E-state index in [4.69, 9.17) is 0 Å². The molecule has 2 atom stereocenters.